The first-order valence-corrected chi connectivity index (χ1v) is 8.05. The van der Waals surface area contributed by atoms with Crippen molar-refractivity contribution in [3.8, 4) is 5.75 Å². The van der Waals surface area contributed by atoms with Gasteiger partial charge in [-0.2, -0.15) is 0 Å². The van der Waals surface area contributed by atoms with Crippen molar-refractivity contribution >= 4 is 29.1 Å². The molecular weight excluding hydrogens is 318 g/mol. The molecular formula is C16H22ClN3O3. The van der Waals surface area contributed by atoms with Gasteiger partial charge in [-0.05, 0) is 24.6 Å². The quantitative estimate of drug-likeness (QED) is 0.833. The number of nitrogens with zero attached hydrogens (tertiary/aromatic N) is 1. The Balaban J connectivity index is 1.93. The predicted molar refractivity (Wildman–Crippen MR) is 89.7 cm³/mol. The van der Waals surface area contributed by atoms with Gasteiger partial charge in [0.1, 0.15) is 12.3 Å². The topological polar surface area (TPSA) is 70.7 Å². The van der Waals surface area contributed by atoms with Gasteiger partial charge in [0, 0.05) is 17.5 Å². The van der Waals surface area contributed by atoms with Crippen molar-refractivity contribution in [2.45, 2.75) is 32.2 Å². The van der Waals surface area contributed by atoms with E-state index in [0.29, 0.717) is 29.5 Å². The van der Waals surface area contributed by atoms with E-state index in [2.05, 4.69) is 17.6 Å². The van der Waals surface area contributed by atoms with Crippen LogP contribution in [0.1, 0.15) is 26.2 Å². The third-order valence-corrected chi connectivity index (χ3v) is 3.99. The van der Waals surface area contributed by atoms with Crippen LogP contribution >= 0.6 is 11.6 Å². The molecule has 126 valence electrons. The molecule has 6 nitrogen and oxygen atoms in total. The number of ether oxygens (including phenoxy) is 1. The predicted octanol–water partition coefficient (Wildman–Crippen LogP) is 2.24. The van der Waals surface area contributed by atoms with E-state index in [0.717, 1.165) is 12.8 Å². The molecule has 0 radical (unpaired) electrons. The molecule has 23 heavy (non-hydrogen) atoms. The highest BCUT2D eigenvalue weighted by Crippen LogP contribution is 2.27. The maximum atomic E-state index is 12.2. The number of hydrogen-bond donors (Lipinski definition) is 2. The molecule has 2 rings (SSSR count). The van der Waals surface area contributed by atoms with Crippen LogP contribution in [0.15, 0.2) is 18.2 Å². The molecule has 1 atom stereocenters. The summed E-state index contributed by atoms with van der Waals surface area (Å²) < 4.78 is 5.19. The third kappa shape index (κ3) is 4.84. The first kappa shape index (κ1) is 17.6. The Morgan fingerprint density at radius 3 is 2.96 bits per heavy atom. The molecule has 0 spiro atoms. The lowest BCUT2D eigenvalue weighted by Gasteiger charge is -2.32. The number of rotatable bonds is 6. The Bertz CT molecular complexity index is 580. The zero-order valence-corrected chi connectivity index (χ0v) is 14.2. The molecule has 0 aliphatic carbocycles. The van der Waals surface area contributed by atoms with Crippen molar-refractivity contribution < 1.29 is 14.3 Å². The van der Waals surface area contributed by atoms with E-state index < -0.39 is 0 Å². The summed E-state index contributed by atoms with van der Waals surface area (Å²) in [7, 11) is 1.52. The van der Waals surface area contributed by atoms with Gasteiger partial charge in [-0.15, -0.1) is 0 Å². The first-order chi connectivity index (χ1) is 11.0. The Hall–Kier alpha value is -1.79. The van der Waals surface area contributed by atoms with E-state index in [4.69, 9.17) is 16.3 Å². The fourth-order valence-corrected chi connectivity index (χ4v) is 2.75. The van der Waals surface area contributed by atoms with Crippen LogP contribution < -0.4 is 15.4 Å². The Labute approximate surface area is 141 Å². The Kier molecular flexibility index (Phi) is 6.24. The summed E-state index contributed by atoms with van der Waals surface area (Å²) in [5, 5.41) is 6.52. The van der Waals surface area contributed by atoms with Gasteiger partial charge in [-0.1, -0.05) is 24.9 Å². The number of carbonyl (C=O) groups excluding carboxylic acids is 2. The SMILES string of the molecule is CCCC1CC(=O)N(CC(=O)Nc2cc(Cl)ccc2OC)CN1. The average Bonchev–Trinajstić information content (AvgIpc) is 2.50. The minimum absolute atomic E-state index is 0.000343. The highest BCUT2D eigenvalue weighted by molar-refractivity contribution is 6.31. The molecule has 1 aromatic carbocycles. The third-order valence-electron chi connectivity index (χ3n) is 3.75. The van der Waals surface area contributed by atoms with Crippen LogP contribution in [0.5, 0.6) is 5.75 Å². The number of amides is 2. The van der Waals surface area contributed by atoms with E-state index in [1.54, 1.807) is 18.2 Å². The van der Waals surface area contributed by atoms with Crippen molar-refractivity contribution in [3.05, 3.63) is 23.2 Å². The number of methoxy groups -OCH3 is 1. The second-order valence-corrected chi connectivity index (χ2v) is 5.97. The summed E-state index contributed by atoms with van der Waals surface area (Å²) in [6.45, 7) is 2.48. The standard InChI is InChI=1S/C16H22ClN3O3/c1-3-4-12-8-16(22)20(10-18-12)9-15(21)19-13-7-11(17)5-6-14(13)23-2/h5-7,12,18H,3-4,8-10H2,1-2H3,(H,19,21). The number of benzene rings is 1. The van der Waals surface area contributed by atoms with Crippen molar-refractivity contribution in [1.82, 2.24) is 10.2 Å². The lowest BCUT2D eigenvalue weighted by Crippen LogP contribution is -2.52. The van der Waals surface area contributed by atoms with E-state index in [9.17, 15) is 9.59 Å². The maximum absolute atomic E-state index is 12.2. The van der Waals surface area contributed by atoms with Crippen molar-refractivity contribution in [1.29, 1.82) is 0 Å². The molecule has 1 saturated heterocycles. The zero-order valence-electron chi connectivity index (χ0n) is 13.4. The van der Waals surface area contributed by atoms with Crippen molar-refractivity contribution in [2.75, 3.05) is 25.6 Å². The summed E-state index contributed by atoms with van der Waals surface area (Å²) in [5.41, 5.74) is 0.492. The van der Waals surface area contributed by atoms with Crippen LogP contribution in [0.3, 0.4) is 0 Å². The van der Waals surface area contributed by atoms with Crippen molar-refractivity contribution in [2.24, 2.45) is 0 Å². The van der Waals surface area contributed by atoms with Crippen LogP contribution in [0.25, 0.3) is 0 Å². The monoisotopic (exact) mass is 339 g/mol. The lowest BCUT2D eigenvalue weighted by atomic mass is 10.1. The molecule has 1 unspecified atom stereocenters. The van der Waals surface area contributed by atoms with Crippen LogP contribution in [0, 0.1) is 0 Å². The molecule has 1 aliphatic rings. The minimum atomic E-state index is -0.283. The first-order valence-electron chi connectivity index (χ1n) is 7.68. The highest BCUT2D eigenvalue weighted by Gasteiger charge is 2.26. The fourth-order valence-electron chi connectivity index (χ4n) is 2.58. The fraction of sp³-hybridized carbons (Fsp3) is 0.500. The second kappa shape index (κ2) is 8.17. The smallest absolute Gasteiger partial charge is 0.244 e. The van der Waals surface area contributed by atoms with Gasteiger partial charge in [-0.25, -0.2) is 0 Å². The molecule has 1 aromatic rings. The van der Waals surface area contributed by atoms with Gasteiger partial charge < -0.3 is 15.0 Å². The molecule has 2 amide bonds. The van der Waals surface area contributed by atoms with Crippen LogP contribution in [0.4, 0.5) is 5.69 Å². The zero-order chi connectivity index (χ0) is 16.8. The lowest BCUT2D eigenvalue weighted by molar-refractivity contribution is -0.138. The van der Waals surface area contributed by atoms with E-state index >= 15 is 0 Å². The van der Waals surface area contributed by atoms with Gasteiger partial charge in [-0.3, -0.25) is 14.9 Å². The minimum Gasteiger partial charge on any atom is -0.495 e. The van der Waals surface area contributed by atoms with Gasteiger partial charge in [0.2, 0.25) is 11.8 Å². The number of hydrogen-bond acceptors (Lipinski definition) is 4. The Morgan fingerprint density at radius 1 is 1.52 bits per heavy atom. The molecule has 7 heteroatoms. The van der Waals surface area contributed by atoms with Gasteiger partial charge in [0.15, 0.2) is 0 Å². The second-order valence-electron chi connectivity index (χ2n) is 5.54. The summed E-state index contributed by atoms with van der Waals surface area (Å²) in [6, 6.07) is 5.19. The van der Waals surface area contributed by atoms with Gasteiger partial charge in [0.25, 0.3) is 0 Å². The van der Waals surface area contributed by atoms with E-state index in [1.807, 2.05) is 0 Å². The number of halogens is 1. The van der Waals surface area contributed by atoms with E-state index in [1.165, 1.54) is 12.0 Å². The van der Waals surface area contributed by atoms with E-state index in [-0.39, 0.29) is 24.4 Å². The highest BCUT2D eigenvalue weighted by atomic mass is 35.5. The summed E-state index contributed by atoms with van der Waals surface area (Å²) in [4.78, 5) is 25.8. The molecule has 1 aliphatic heterocycles. The molecule has 1 fully saturated rings. The maximum Gasteiger partial charge on any atom is 0.244 e. The summed E-state index contributed by atoms with van der Waals surface area (Å²) in [5.74, 6) is 0.235. The molecule has 0 saturated carbocycles. The van der Waals surface area contributed by atoms with Crippen LogP contribution in [-0.4, -0.2) is 43.1 Å². The average molecular weight is 340 g/mol. The van der Waals surface area contributed by atoms with Gasteiger partial charge >= 0.3 is 0 Å². The largest absolute Gasteiger partial charge is 0.495 e. The number of carbonyl (C=O) groups is 2. The van der Waals surface area contributed by atoms with Crippen LogP contribution in [0.2, 0.25) is 5.02 Å². The molecule has 1 heterocycles. The molecule has 0 bridgehead atoms. The van der Waals surface area contributed by atoms with Crippen molar-refractivity contribution in [3.63, 3.8) is 0 Å². The molecule has 2 N–H and O–H groups in total. The summed E-state index contributed by atoms with van der Waals surface area (Å²) >= 11 is 5.94. The number of nitrogens with one attached hydrogen (secondary N) is 2. The van der Waals surface area contributed by atoms with Gasteiger partial charge in [0.05, 0.1) is 19.5 Å². The Morgan fingerprint density at radius 2 is 2.30 bits per heavy atom. The normalized spacial score (nSPS) is 18.0. The number of anilines is 1. The molecule has 0 aromatic heterocycles. The summed E-state index contributed by atoms with van der Waals surface area (Å²) in [6.07, 6.45) is 2.42. The van der Waals surface area contributed by atoms with Crippen LogP contribution in [-0.2, 0) is 9.59 Å².